The highest BCUT2D eigenvalue weighted by Gasteiger charge is 2.39. The molecule has 0 spiro atoms. The van der Waals surface area contributed by atoms with E-state index in [9.17, 15) is 0 Å². The Bertz CT molecular complexity index is 3500. The molecule has 0 saturated heterocycles. The van der Waals surface area contributed by atoms with Crippen LogP contribution in [0, 0.1) is 0 Å². The number of nitrogens with zero attached hydrogens (tertiary/aromatic N) is 4. The summed E-state index contributed by atoms with van der Waals surface area (Å²) in [6, 6.07) is 63.8. The Hall–Kier alpha value is -7.54. The van der Waals surface area contributed by atoms with E-state index in [-0.39, 0.29) is 5.41 Å². The van der Waals surface area contributed by atoms with Crippen LogP contribution in [-0.2, 0) is 5.41 Å². The molecule has 0 atom stereocenters. The number of hydrogen-bond donors (Lipinski definition) is 0. The zero-order valence-electron chi connectivity index (χ0n) is 33.4. The molecule has 5 nitrogen and oxygen atoms in total. The van der Waals surface area contributed by atoms with Gasteiger partial charge in [-0.1, -0.05) is 153 Å². The number of oxazole rings is 1. The Morgan fingerprint density at radius 1 is 0.426 bits per heavy atom. The van der Waals surface area contributed by atoms with Crippen LogP contribution in [0.15, 0.2) is 186 Å². The molecule has 12 rings (SSSR count). The highest BCUT2D eigenvalue weighted by atomic mass is 32.1. The van der Waals surface area contributed by atoms with Gasteiger partial charge in [-0.05, 0) is 81.4 Å². The molecule has 6 heteroatoms. The molecular formula is C55H36N4OS. The third kappa shape index (κ3) is 5.82. The summed E-state index contributed by atoms with van der Waals surface area (Å²) in [7, 11) is 0. The Morgan fingerprint density at radius 3 is 1.84 bits per heavy atom. The van der Waals surface area contributed by atoms with Gasteiger partial charge in [0, 0.05) is 53.4 Å². The maximum Gasteiger partial charge on any atom is 0.227 e. The van der Waals surface area contributed by atoms with Gasteiger partial charge in [-0.3, -0.25) is 0 Å². The van der Waals surface area contributed by atoms with E-state index in [1.165, 1.54) is 48.0 Å². The van der Waals surface area contributed by atoms with Crippen LogP contribution in [0.2, 0.25) is 0 Å². The predicted octanol–water partition coefficient (Wildman–Crippen LogP) is 14.7. The highest BCUT2D eigenvalue weighted by Crippen LogP contribution is 2.52. The molecule has 0 N–H and O–H groups in total. The van der Waals surface area contributed by atoms with E-state index in [2.05, 4.69) is 159 Å². The SMILES string of the molecule is CC1(C)c2cc(-c3cccc(-c4nc(-c5ccc(-c6ccccc6)cc5)nc(-c5cccc6c5sc5ccccc56)n4)c3)ccc2-c2ccc3nc(-c4ccccc4)oc3c21. The molecule has 0 saturated carbocycles. The van der Waals surface area contributed by atoms with Gasteiger partial charge in [-0.15, -0.1) is 11.3 Å². The van der Waals surface area contributed by atoms with E-state index >= 15 is 0 Å². The maximum atomic E-state index is 6.56. The molecule has 8 aromatic carbocycles. The summed E-state index contributed by atoms with van der Waals surface area (Å²) in [6.07, 6.45) is 0. The number of rotatable bonds is 6. The summed E-state index contributed by atoms with van der Waals surface area (Å²) in [6.45, 7) is 4.58. The molecule has 0 fully saturated rings. The first kappa shape index (κ1) is 35.4. The Morgan fingerprint density at radius 2 is 1.02 bits per heavy atom. The smallest absolute Gasteiger partial charge is 0.227 e. The molecule has 3 heterocycles. The average Bonchev–Trinajstić information content (AvgIpc) is 4.00. The van der Waals surface area contributed by atoms with Crippen molar-refractivity contribution in [2.24, 2.45) is 0 Å². The molecule has 3 aromatic heterocycles. The third-order valence-electron chi connectivity index (χ3n) is 12.2. The topological polar surface area (TPSA) is 64.7 Å². The lowest BCUT2D eigenvalue weighted by Gasteiger charge is -2.22. The van der Waals surface area contributed by atoms with Crippen LogP contribution in [-0.4, -0.2) is 19.9 Å². The standard InChI is InChI=1S/C55H36N4OS/c1-55(2)45-32-38(27-28-40(45)42-29-30-46-49(48(42)55)60-54(56-46)36-15-7-4-8-16-36)37-17-11-18-39(31-37)52-57-51(35-25-23-34(24-26-35)33-13-5-3-6-14-33)58-53(59-52)44-21-12-20-43-41-19-9-10-22-47(41)61-50(43)44/h3-32H,1-2H3. The zero-order valence-corrected chi connectivity index (χ0v) is 34.2. The first-order valence-corrected chi connectivity index (χ1v) is 21.4. The Kier molecular flexibility index (Phi) is 7.99. The second-order valence-corrected chi connectivity index (χ2v) is 17.3. The lowest BCUT2D eigenvalue weighted by Crippen LogP contribution is -2.15. The zero-order chi connectivity index (χ0) is 40.7. The molecule has 1 aliphatic rings. The monoisotopic (exact) mass is 800 g/mol. The van der Waals surface area contributed by atoms with Gasteiger partial charge in [0.25, 0.3) is 0 Å². The Labute approximate surface area is 356 Å². The predicted molar refractivity (Wildman–Crippen MR) is 250 cm³/mol. The van der Waals surface area contributed by atoms with Gasteiger partial charge >= 0.3 is 0 Å². The molecule has 0 aliphatic heterocycles. The second kappa shape index (κ2) is 13.8. The van der Waals surface area contributed by atoms with Crippen LogP contribution in [0.5, 0.6) is 0 Å². The number of aromatic nitrogens is 4. The fourth-order valence-electron chi connectivity index (χ4n) is 9.11. The normalized spacial score (nSPS) is 12.9. The number of benzene rings is 8. The van der Waals surface area contributed by atoms with Crippen molar-refractivity contribution >= 4 is 42.6 Å². The second-order valence-electron chi connectivity index (χ2n) is 16.2. The van der Waals surface area contributed by atoms with Gasteiger partial charge in [0.05, 0.1) is 0 Å². The molecule has 0 unspecified atom stereocenters. The highest BCUT2D eigenvalue weighted by molar-refractivity contribution is 7.26. The summed E-state index contributed by atoms with van der Waals surface area (Å²) in [5, 5.41) is 2.45. The minimum Gasteiger partial charge on any atom is -0.436 e. The summed E-state index contributed by atoms with van der Waals surface area (Å²) in [4.78, 5) is 20.5. The van der Waals surface area contributed by atoms with Crippen molar-refractivity contribution in [3.63, 3.8) is 0 Å². The summed E-state index contributed by atoms with van der Waals surface area (Å²) in [5.74, 6) is 2.56. The quantitative estimate of drug-likeness (QED) is 0.168. The largest absolute Gasteiger partial charge is 0.436 e. The van der Waals surface area contributed by atoms with Crippen molar-refractivity contribution in [3.8, 4) is 79.0 Å². The van der Waals surface area contributed by atoms with Crippen LogP contribution in [0.25, 0.3) is 110 Å². The van der Waals surface area contributed by atoms with E-state index in [0.717, 1.165) is 50.0 Å². The maximum absolute atomic E-state index is 6.56. The average molecular weight is 801 g/mol. The molecule has 61 heavy (non-hydrogen) atoms. The van der Waals surface area contributed by atoms with Crippen LogP contribution in [0.3, 0.4) is 0 Å². The number of thiophene rings is 1. The van der Waals surface area contributed by atoms with E-state index in [1.807, 2.05) is 36.4 Å². The molecule has 1 aliphatic carbocycles. The number of fused-ring (bicyclic) bond motifs is 8. The van der Waals surface area contributed by atoms with Crippen molar-refractivity contribution < 1.29 is 4.42 Å². The minimum absolute atomic E-state index is 0.313. The van der Waals surface area contributed by atoms with Crippen LogP contribution in [0.1, 0.15) is 25.0 Å². The molecular weight excluding hydrogens is 765 g/mol. The van der Waals surface area contributed by atoms with Crippen molar-refractivity contribution in [2.75, 3.05) is 0 Å². The summed E-state index contributed by atoms with van der Waals surface area (Å²) < 4.78 is 8.97. The van der Waals surface area contributed by atoms with E-state index in [0.29, 0.717) is 23.4 Å². The van der Waals surface area contributed by atoms with Crippen LogP contribution >= 0.6 is 11.3 Å². The fourth-order valence-corrected chi connectivity index (χ4v) is 10.3. The van der Waals surface area contributed by atoms with Gasteiger partial charge in [-0.25, -0.2) is 19.9 Å². The van der Waals surface area contributed by atoms with Crippen LogP contribution in [0.4, 0.5) is 0 Å². The van der Waals surface area contributed by atoms with Crippen molar-refractivity contribution in [1.82, 2.24) is 19.9 Å². The molecule has 11 aromatic rings. The van der Waals surface area contributed by atoms with Crippen molar-refractivity contribution in [2.45, 2.75) is 19.3 Å². The van der Waals surface area contributed by atoms with E-state index in [1.54, 1.807) is 11.3 Å². The van der Waals surface area contributed by atoms with E-state index < -0.39 is 0 Å². The van der Waals surface area contributed by atoms with Crippen molar-refractivity contribution in [3.05, 3.63) is 193 Å². The summed E-state index contributed by atoms with van der Waals surface area (Å²) in [5.41, 5.74) is 14.6. The van der Waals surface area contributed by atoms with Gasteiger partial charge in [0.15, 0.2) is 23.1 Å². The Balaban J connectivity index is 0.963. The lowest BCUT2D eigenvalue weighted by atomic mass is 9.81. The fraction of sp³-hybridized carbons (Fsp3) is 0.0545. The number of hydrogen-bond acceptors (Lipinski definition) is 6. The third-order valence-corrected chi connectivity index (χ3v) is 13.4. The van der Waals surface area contributed by atoms with Crippen molar-refractivity contribution in [1.29, 1.82) is 0 Å². The molecule has 0 bridgehead atoms. The van der Waals surface area contributed by atoms with Gasteiger partial charge in [0.1, 0.15) is 5.52 Å². The van der Waals surface area contributed by atoms with E-state index in [4.69, 9.17) is 24.4 Å². The molecule has 288 valence electrons. The minimum atomic E-state index is -0.313. The first-order chi connectivity index (χ1) is 30.0. The van der Waals surface area contributed by atoms with Gasteiger partial charge < -0.3 is 4.42 Å². The van der Waals surface area contributed by atoms with Gasteiger partial charge in [0.2, 0.25) is 5.89 Å². The van der Waals surface area contributed by atoms with Crippen LogP contribution < -0.4 is 0 Å². The first-order valence-electron chi connectivity index (χ1n) is 20.5. The molecule has 0 amide bonds. The molecule has 0 radical (unpaired) electrons. The lowest BCUT2D eigenvalue weighted by molar-refractivity contribution is 0.593. The summed E-state index contributed by atoms with van der Waals surface area (Å²) >= 11 is 1.78. The van der Waals surface area contributed by atoms with Gasteiger partial charge in [-0.2, -0.15) is 0 Å².